The van der Waals surface area contributed by atoms with E-state index in [1.807, 2.05) is 29.8 Å². The number of carbonyl (C=O) groups is 2. The van der Waals surface area contributed by atoms with Crippen molar-refractivity contribution < 1.29 is 14.3 Å². The van der Waals surface area contributed by atoms with Crippen molar-refractivity contribution in [1.29, 1.82) is 0 Å². The molecule has 1 aromatic heterocycles. The van der Waals surface area contributed by atoms with Crippen LogP contribution in [0.4, 0.5) is 0 Å². The zero-order chi connectivity index (χ0) is 17.1. The van der Waals surface area contributed by atoms with Crippen LogP contribution in [-0.2, 0) is 27.3 Å². The number of ether oxygens (including phenoxy) is 1. The Morgan fingerprint density at radius 2 is 1.96 bits per heavy atom. The van der Waals surface area contributed by atoms with Crippen LogP contribution in [0.1, 0.15) is 44.2 Å². The standard InChI is InChI=1S/C17H26N4O3/c1-3-24-12-16(23)21-9-8-20-11-14(18-17(20)13(21)2)10-15(22)19-6-4-5-7-19/h11,13H,3-10,12H2,1-2H3/t13-/m1/s1. The highest BCUT2D eigenvalue weighted by Crippen LogP contribution is 2.25. The second-order valence-corrected chi connectivity index (χ2v) is 6.45. The Kier molecular flexibility index (Phi) is 5.18. The second kappa shape index (κ2) is 7.34. The molecular weight excluding hydrogens is 308 g/mol. The van der Waals surface area contributed by atoms with Crippen LogP contribution < -0.4 is 0 Å². The fourth-order valence-electron chi connectivity index (χ4n) is 3.48. The van der Waals surface area contributed by atoms with E-state index in [9.17, 15) is 9.59 Å². The Morgan fingerprint density at radius 3 is 2.67 bits per heavy atom. The van der Waals surface area contributed by atoms with Crippen LogP contribution in [-0.4, -0.2) is 64.0 Å². The minimum Gasteiger partial charge on any atom is -0.372 e. The predicted molar refractivity (Wildman–Crippen MR) is 88.4 cm³/mol. The molecule has 3 rings (SSSR count). The number of carbonyl (C=O) groups excluding carboxylic acids is 2. The molecule has 3 heterocycles. The molecule has 1 fully saturated rings. The summed E-state index contributed by atoms with van der Waals surface area (Å²) in [7, 11) is 0. The lowest BCUT2D eigenvalue weighted by Crippen LogP contribution is -2.42. The molecule has 0 saturated carbocycles. The van der Waals surface area contributed by atoms with Gasteiger partial charge < -0.3 is 19.1 Å². The second-order valence-electron chi connectivity index (χ2n) is 6.45. The number of aromatic nitrogens is 2. The van der Waals surface area contributed by atoms with Gasteiger partial charge in [-0.25, -0.2) is 4.98 Å². The van der Waals surface area contributed by atoms with Crippen molar-refractivity contribution in [2.75, 3.05) is 32.8 Å². The summed E-state index contributed by atoms with van der Waals surface area (Å²) in [4.78, 5) is 32.9. The third-order valence-corrected chi connectivity index (χ3v) is 4.82. The van der Waals surface area contributed by atoms with Crippen LogP contribution in [0.2, 0.25) is 0 Å². The van der Waals surface area contributed by atoms with Gasteiger partial charge in [0.05, 0.1) is 18.2 Å². The van der Waals surface area contributed by atoms with Crippen LogP contribution in [0, 0.1) is 0 Å². The molecule has 1 saturated heterocycles. The molecule has 1 atom stereocenters. The van der Waals surface area contributed by atoms with E-state index in [2.05, 4.69) is 9.55 Å². The summed E-state index contributed by atoms with van der Waals surface area (Å²) in [5.41, 5.74) is 0.799. The smallest absolute Gasteiger partial charge is 0.249 e. The number of nitrogens with zero attached hydrogens (tertiary/aromatic N) is 4. The molecule has 1 aromatic rings. The quantitative estimate of drug-likeness (QED) is 0.805. The molecule has 0 aliphatic carbocycles. The van der Waals surface area contributed by atoms with Gasteiger partial charge in [-0.1, -0.05) is 0 Å². The highest BCUT2D eigenvalue weighted by atomic mass is 16.5. The number of imidazole rings is 1. The highest BCUT2D eigenvalue weighted by Gasteiger charge is 2.30. The zero-order valence-electron chi connectivity index (χ0n) is 14.5. The first-order chi connectivity index (χ1) is 11.6. The summed E-state index contributed by atoms with van der Waals surface area (Å²) < 4.78 is 7.30. The molecule has 2 aliphatic rings. The first-order valence-electron chi connectivity index (χ1n) is 8.81. The molecule has 0 aromatic carbocycles. The zero-order valence-corrected chi connectivity index (χ0v) is 14.5. The summed E-state index contributed by atoms with van der Waals surface area (Å²) >= 11 is 0. The van der Waals surface area contributed by atoms with Gasteiger partial charge in [0, 0.05) is 39.0 Å². The van der Waals surface area contributed by atoms with Gasteiger partial charge >= 0.3 is 0 Å². The number of hydrogen-bond acceptors (Lipinski definition) is 4. The van der Waals surface area contributed by atoms with Gasteiger partial charge in [-0.05, 0) is 26.7 Å². The summed E-state index contributed by atoms with van der Waals surface area (Å²) in [6.45, 7) is 7.59. The Morgan fingerprint density at radius 1 is 1.21 bits per heavy atom. The van der Waals surface area contributed by atoms with E-state index in [1.54, 1.807) is 0 Å². The minimum absolute atomic E-state index is 0.00621. The molecule has 2 aliphatic heterocycles. The molecule has 7 nitrogen and oxygen atoms in total. The number of fused-ring (bicyclic) bond motifs is 1. The largest absolute Gasteiger partial charge is 0.372 e. The number of likely N-dealkylation sites (tertiary alicyclic amines) is 1. The summed E-state index contributed by atoms with van der Waals surface area (Å²) in [5, 5.41) is 0. The Labute approximate surface area is 142 Å². The van der Waals surface area contributed by atoms with Crippen molar-refractivity contribution in [3.63, 3.8) is 0 Å². The van der Waals surface area contributed by atoms with Crippen LogP contribution in [0.3, 0.4) is 0 Å². The van der Waals surface area contributed by atoms with Crippen molar-refractivity contribution in [3.05, 3.63) is 17.7 Å². The van der Waals surface area contributed by atoms with Crippen LogP contribution in [0.15, 0.2) is 6.20 Å². The van der Waals surface area contributed by atoms with Gasteiger partial charge in [0.15, 0.2) is 0 Å². The average Bonchev–Trinajstić information content (AvgIpc) is 3.22. The predicted octanol–water partition coefficient (Wildman–Crippen LogP) is 0.988. The van der Waals surface area contributed by atoms with Crippen molar-refractivity contribution in [1.82, 2.24) is 19.4 Å². The third-order valence-electron chi connectivity index (χ3n) is 4.82. The monoisotopic (exact) mass is 334 g/mol. The molecule has 0 spiro atoms. The van der Waals surface area contributed by atoms with Gasteiger partial charge in [-0.2, -0.15) is 0 Å². The van der Waals surface area contributed by atoms with E-state index in [4.69, 9.17) is 4.74 Å². The van der Waals surface area contributed by atoms with Gasteiger partial charge in [0.2, 0.25) is 11.8 Å². The Hall–Kier alpha value is -1.89. The van der Waals surface area contributed by atoms with E-state index < -0.39 is 0 Å². The number of rotatable bonds is 5. The molecule has 0 unspecified atom stereocenters. The van der Waals surface area contributed by atoms with Crippen LogP contribution in [0.5, 0.6) is 0 Å². The fraction of sp³-hybridized carbons (Fsp3) is 0.706. The van der Waals surface area contributed by atoms with Gasteiger partial charge in [-0.15, -0.1) is 0 Å². The summed E-state index contributed by atoms with van der Waals surface area (Å²) in [6.07, 6.45) is 4.50. The lowest BCUT2D eigenvalue weighted by molar-refractivity contribution is -0.139. The normalized spacial score (nSPS) is 20.3. The van der Waals surface area contributed by atoms with E-state index in [0.717, 1.165) is 37.4 Å². The van der Waals surface area contributed by atoms with Gasteiger partial charge in [-0.3, -0.25) is 9.59 Å². The van der Waals surface area contributed by atoms with Gasteiger partial charge in [0.25, 0.3) is 0 Å². The van der Waals surface area contributed by atoms with Crippen molar-refractivity contribution >= 4 is 11.8 Å². The molecule has 7 heteroatoms. The molecule has 0 radical (unpaired) electrons. The Bertz CT molecular complexity index is 607. The van der Waals surface area contributed by atoms with Crippen molar-refractivity contribution in [3.8, 4) is 0 Å². The molecular formula is C17H26N4O3. The summed E-state index contributed by atoms with van der Waals surface area (Å²) in [5.74, 6) is 1.00. The third kappa shape index (κ3) is 3.45. The number of amides is 2. The first kappa shape index (κ1) is 17.0. The topological polar surface area (TPSA) is 67.7 Å². The number of hydrogen-bond donors (Lipinski definition) is 0. The van der Waals surface area contributed by atoms with E-state index in [0.29, 0.717) is 26.1 Å². The maximum absolute atomic E-state index is 12.3. The Balaban J connectivity index is 1.66. The van der Waals surface area contributed by atoms with Gasteiger partial charge in [0.1, 0.15) is 12.4 Å². The maximum atomic E-state index is 12.3. The van der Waals surface area contributed by atoms with E-state index >= 15 is 0 Å². The summed E-state index contributed by atoms with van der Waals surface area (Å²) in [6, 6.07) is -0.0951. The minimum atomic E-state index is -0.0951. The lowest BCUT2D eigenvalue weighted by Gasteiger charge is -2.33. The van der Waals surface area contributed by atoms with Crippen molar-refractivity contribution in [2.24, 2.45) is 0 Å². The van der Waals surface area contributed by atoms with Crippen molar-refractivity contribution in [2.45, 2.75) is 45.7 Å². The van der Waals surface area contributed by atoms with E-state index in [1.165, 1.54) is 0 Å². The van der Waals surface area contributed by atoms with E-state index in [-0.39, 0.29) is 24.5 Å². The maximum Gasteiger partial charge on any atom is 0.249 e. The highest BCUT2D eigenvalue weighted by molar-refractivity contribution is 5.79. The first-order valence-corrected chi connectivity index (χ1v) is 8.81. The average molecular weight is 334 g/mol. The SMILES string of the molecule is CCOCC(=O)N1CCn2cc(CC(=O)N3CCCC3)nc2[C@H]1C. The fourth-order valence-corrected chi connectivity index (χ4v) is 3.48. The molecule has 0 N–H and O–H groups in total. The molecule has 24 heavy (non-hydrogen) atoms. The molecule has 2 amide bonds. The molecule has 0 bridgehead atoms. The lowest BCUT2D eigenvalue weighted by atomic mass is 10.2. The van der Waals surface area contributed by atoms with Crippen LogP contribution >= 0.6 is 0 Å². The van der Waals surface area contributed by atoms with Crippen LogP contribution in [0.25, 0.3) is 0 Å². The molecule has 132 valence electrons.